The van der Waals surface area contributed by atoms with Crippen LogP contribution in [0, 0.1) is 0 Å². The first kappa shape index (κ1) is 15.8. The number of rotatable bonds is 3. The zero-order valence-electron chi connectivity index (χ0n) is 10.5. The van der Waals surface area contributed by atoms with Crippen molar-refractivity contribution in [3.8, 4) is 0 Å². The van der Waals surface area contributed by atoms with Crippen LogP contribution >= 0.6 is 27.5 Å². The van der Waals surface area contributed by atoms with E-state index >= 15 is 0 Å². The summed E-state index contributed by atoms with van der Waals surface area (Å²) >= 11 is 9.01. The van der Waals surface area contributed by atoms with Crippen molar-refractivity contribution < 1.29 is 13.2 Å². The number of amides is 2. The quantitative estimate of drug-likeness (QED) is 0.842. The number of carbonyl (C=O) groups is 1. The standard InChI is InChI=1S/C13H10BrClN2O3S/c14-9-5-1-4-8-12(9)21(19,20)17-13(18)16-11-7-3-2-6-10(11)15/h1-8H,(H2,16,17,18). The summed E-state index contributed by atoms with van der Waals surface area (Å²) in [5, 5.41) is 2.69. The Bertz CT molecular complexity index is 780. The molecule has 0 radical (unpaired) electrons. The molecule has 8 heteroatoms. The van der Waals surface area contributed by atoms with E-state index in [1.165, 1.54) is 6.07 Å². The van der Waals surface area contributed by atoms with E-state index < -0.39 is 16.1 Å². The number of sulfonamides is 1. The fraction of sp³-hybridized carbons (Fsp3) is 0. The second-order valence-corrected chi connectivity index (χ2v) is 6.88. The van der Waals surface area contributed by atoms with E-state index in [4.69, 9.17) is 11.6 Å². The molecule has 0 fully saturated rings. The minimum absolute atomic E-state index is 0.0284. The highest BCUT2D eigenvalue weighted by molar-refractivity contribution is 9.10. The Morgan fingerprint density at radius 1 is 1.05 bits per heavy atom. The SMILES string of the molecule is O=C(Nc1ccccc1Cl)NS(=O)(=O)c1ccccc1Br. The van der Waals surface area contributed by atoms with Crippen molar-refractivity contribution in [1.82, 2.24) is 4.72 Å². The smallest absolute Gasteiger partial charge is 0.306 e. The highest BCUT2D eigenvalue weighted by Gasteiger charge is 2.20. The highest BCUT2D eigenvalue weighted by Crippen LogP contribution is 2.22. The van der Waals surface area contributed by atoms with Crippen LogP contribution in [0.25, 0.3) is 0 Å². The van der Waals surface area contributed by atoms with Gasteiger partial charge in [-0.1, -0.05) is 35.9 Å². The molecule has 0 saturated carbocycles. The van der Waals surface area contributed by atoms with E-state index in [1.807, 2.05) is 4.72 Å². The Hall–Kier alpha value is -1.57. The molecule has 2 amide bonds. The minimum atomic E-state index is -3.98. The molecule has 2 aromatic rings. The van der Waals surface area contributed by atoms with Gasteiger partial charge in [0, 0.05) is 4.47 Å². The van der Waals surface area contributed by atoms with Crippen molar-refractivity contribution in [2.45, 2.75) is 4.90 Å². The molecule has 0 saturated heterocycles. The molecule has 0 atom stereocenters. The molecule has 21 heavy (non-hydrogen) atoms. The molecule has 0 aliphatic carbocycles. The molecule has 0 unspecified atom stereocenters. The average molecular weight is 390 g/mol. The van der Waals surface area contributed by atoms with Crippen LogP contribution in [-0.4, -0.2) is 14.4 Å². The van der Waals surface area contributed by atoms with Crippen LogP contribution in [0.3, 0.4) is 0 Å². The fourth-order valence-electron chi connectivity index (χ4n) is 1.55. The summed E-state index contributed by atoms with van der Waals surface area (Å²) in [5.74, 6) is 0. The predicted octanol–water partition coefficient (Wildman–Crippen LogP) is 3.61. The van der Waals surface area contributed by atoms with Gasteiger partial charge in [-0.05, 0) is 40.2 Å². The maximum Gasteiger partial charge on any atom is 0.333 e. The molecule has 0 heterocycles. The first-order valence-corrected chi connectivity index (χ1v) is 8.38. The first-order chi connectivity index (χ1) is 9.90. The number of urea groups is 1. The van der Waals surface area contributed by atoms with E-state index in [2.05, 4.69) is 21.2 Å². The van der Waals surface area contributed by atoms with Crippen LogP contribution in [0.1, 0.15) is 0 Å². The maximum absolute atomic E-state index is 12.1. The molecule has 0 aliphatic heterocycles. The topological polar surface area (TPSA) is 75.3 Å². The number of halogens is 2. The van der Waals surface area contributed by atoms with Gasteiger partial charge < -0.3 is 5.32 Å². The first-order valence-electron chi connectivity index (χ1n) is 5.73. The summed E-state index contributed by atoms with van der Waals surface area (Å²) in [6.07, 6.45) is 0. The predicted molar refractivity (Wildman–Crippen MR) is 84.9 cm³/mol. The van der Waals surface area contributed by atoms with Gasteiger partial charge in [-0.2, -0.15) is 0 Å². The Morgan fingerprint density at radius 2 is 1.67 bits per heavy atom. The lowest BCUT2D eigenvalue weighted by Gasteiger charge is -2.10. The van der Waals surface area contributed by atoms with E-state index in [1.54, 1.807) is 42.5 Å². The third-order valence-electron chi connectivity index (χ3n) is 2.48. The van der Waals surface area contributed by atoms with E-state index in [0.717, 1.165) is 0 Å². The molecule has 110 valence electrons. The van der Waals surface area contributed by atoms with Gasteiger partial charge in [-0.25, -0.2) is 17.9 Å². The molecule has 2 aromatic carbocycles. The summed E-state index contributed by atoms with van der Waals surface area (Å²) in [4.78, 5) is 11.8. The number of para-hydroxylation sites is 1. The van der Waals surface area contributed by atoms with Gasteiger partial charge >= 0.3 is 6.03 Å². The zero-order valence-corrected chi connectivity index (χ0v) is 13.7. The number of anilines is 1. The molecule has 5 nitrogen and oxygen atoms in total. The molecule has 2 N–H and O–H groups in total. The van der Waals surface area contributed by atoms with E-state index in [0.29, 0.717) is 15.2 Å². The lowest BCUT2D eigenvalue weighted by atomic mass is 10.3. The lowest BCUT2D eigenvalue weighted by molar-refractivity contribution is 0.256. The summed E-state index contributed by atoms with van der Waals surface area (Å²) in [7, 11) is -3.98. The van der Waals surface area contributed by atoms with Gasteiger partial charge in [0.2, 0.25) is 0 Å². The van der Waals surface area contributed by atoms with Crippen LogP contribution in [0.2, 0.25) is 5.02 Å². The van der Waals surface area contributed by atoms with Crippen molar-refractivity contribution in [2.24, 2.45) is 0 Å². The Labute approximate surface area is 135 Å². The molecule has 0 aliphatic rings. The van der Waals surface area contributed by atoms with Crippen LogP contribution in [0.4, 0.5) is 10.5 Å². The number of benzene rings is 2. The van der Waals surface area contributed by atoms with Crippen molar-refractivity contribution in [3.05, 3.63) is 58.0 Å². The second kappa shape index (κ2) is 6.46. The van der Waals surface area contributed by atoms with Gasteiger partial charge in [0.05, 0.1) is 10.7 Å². The van der Waals surface area contributed by atoms with Crippen LogP contribution in [0.5, 0.6) is 0 Å². The summed E-state index contributed by atoms with van der Waals surface area (Å²) in [5.41, 5.74) is 0.319. The normalized spacial score (nSPS) is 11.0. The van der Waals surface area contributed by atoms with Crippen molar-refractivity contribution in [2.75, 3.05) is 5.32 Å². The summed E-state index contributed by atoms with van der Waals surface area (Å²) < 4.78 is 26.5. The summed E-state index contributed by atoms with van der Waals surface area (Å²) in [6.45, 7) is 0. The Balaban J connectivity index is 2.16. The molecule has 2 rings (SSSR count). The summed E-state index contributed by atoms with van der Waals surface area (Å²) in [6, 6.07) is 11.8. The number of hydrogen-bond donors (Lipinski definition) is 2. The lowest BCUT2D eigenvalue weighted by Crippen LogP contribution is -2.34. The Kier molecular flexibility index (Phi) is 4.87. The van der Waals surface area contributed by atoms with Gasteiger partial charge in [0.1, 0.15) is 4.90 Å². The largest absolute Gasteiger partial charge is 0.333 e. The zero-order chi connectivity index (χ0) is 15.5. The number of carbonyl (C=O) groups excluding carboxylic acids is 1. The van der Waals surface area contributed by atoms with Gasteiger partial charge in [-0.15, -0.1) is 0 Å². The average Bonchev–Trinajstić information content (AvgIpc) is 2.41. The third-order valence-corrected chi connectivity index (χ3v) is 5.15. The Morgan fingerprint density at radius 3 is 2.33 bits per heavy atom. The second-order valence-electron chi connectivity index (χ2n) is 3.97. The number of nitrogens with one attached hydrogen (secondary N) is 2. The highest BCUT2D eigenvalue weighted by atomic mass is 79.9. The van der Waals surface area contributed by atoms with Gasteiger partial charge in [-0.3, -0.25) is 0 Å². The number of hydrogen-bond acceptors (Lipinski definition) is 3. The molecule has 0 bridgehead atoms. The van der Waals surface area contributed by atoms with Crippen molar-refractivity contribution >= 4 is 49.3 Å². The monoisotopic (exact) mass is 388 g/mol. The molecular weight excluding hydrogens is 380 g/mol. The van der Waals surface area contributed by atoms with Crippen molar-refractivity contribution in [3.63, 3.8) is 0 Å². The third kappa shape index (κ3) is 3.96. The van der Waals surface area contributed by atoms with Crippen molar-refractivity contribution in [1.29, 1.82) is 0 Å². The molecule has 0 aromatic heterocycles. The molecule has 0 spiro atoms. The maximum atomic E-state index is 12.1. The van der Waals surface area contributed by atoms with Crippen LogP contribution in [0.15, 0.2) is 57.9 Å². The van der Waals surface area contributed by atoms with Gasteiger partial charge in [0.25, 0.3) is 10.0 Å². The van der Waals surface area contributed by atoms with E-state index in [9.17, 15) is 13.2 Å². The van der Waals surface area contributed by atoms with Crippen LogP contribution < -0.4 is 10.0 Å². The van der Waals surface area contributed by atoms with Crippen LogP contribution in [-0.2, 0) is 10.0 Å². The minimum Gasteiger partial charge on any atom is -0.306 e. The fourth-order valence-corrected chi connectivity index (χ4v) is 3.64. The molecular formula is C13H10BrClN2O3S. The van der Waals surface area contributed by atoms with Gasteiger partial charge in [0.15, 0.2) is 0 Å². The van der Waals surface area contributed by atoms with E-state index in [-0.39, 0.29) is 4.90 Å².